The van der Waals surface area contributed by atoms with Crippen molar-refractivity contribution < 1.29 is 23.8 Å². The van der Waals surface area contributed by atoms with Crippen LogP contribution in [0.5, 0.6) is 5.75 Å². The number of nitrogens with zero attached hydrogens (tertiary/aromatic N) is 2. The van der Waals surface area contributed by atoms with Crippen molar-refractivity contribution in [1.82, 2.24) is 9.80 Å². The molecule has 1 aromatic carbocycles. The maximum Gasteiger partial charge on any atom is 0.295 e. The predicted molar refractivity (Wildman–Crippen MR) is 116 cm³/mol. The summed E-state index contributed by atoms with van der Waals surface area (Å²) in [7, 11) is 3.92. The first-order chi connectivity index (χ1) is 14.8. The molecule has 3 heterocycles. The first kappa shape index (κ1) is 21.2. The van der Waals surface area contributed by atoms with E-state index in [1.165, 1.54) is 4.90 Å². The lowest BCUT2D eigenvalue weighted by atomic mass is 9.97. The van der Waals surface area contributed by atoms with Crippen LogP contribution in [-0.2, 0) is 16.0 Å². The first-order valence-electron chi connectivity index (χ1n) is 10.6. The lowest BCUT2D eigenvalue weighted by Gasteiger charge is -2.24. The van der Waals surface area contributed by atoms with Crippen LogP contribution < -0.4 is 4.74 Å². The Kier molecular flexibility index (Phi) is 5.62. The zero-order valence-corrected chi connectivity index (χ0v) is 18.3. The van der Waals surface area contributed by atoms with Crippen molar-refractivity contribution in [3.8, 4) is 5.75 Å². The minimum Gasteiger partial charge on any atom is -0.507 e. The first-order valence-corrected chi connectivity index (χ1v) is 10.6. The molecule has 0 saturated carbocycles. The fourth-order valence-corrected chi connectivity index (χ4v) is 4.29. The van der Waals surface area contributed by atoms with E-state index >= 15 is 0 Å². The van der Waals surface area contributed by atoms with E-state index < -0.39 is 17.7 Å². The van der Waals surface area contributed by atoms with Crippen LogP contribution in [0.4, 0.5) is 0 Å². The standard InChI is InChI=1S/C24H28N2O5/c1-14-6-8-19(30-14)21-20(23(28)24(29)26(21)11-5-10-25(3)4)22(27)16-7-9-18-17(13-16)12-15(2)31-18/h6-9,13,15,21,27H,5,10-12H2,1-4H3. The number of carbonyl (C=O) groups excluding carboxylic acids is 2. The number of amides is 1. The Hall–Kier alpha value is -3.06. The van der Waals surface area contributed by atoms with Gasteiger partial charge < -0.3 is 24.1 Å². The van der Waals surface area contributed by atoms with Crippen molar-refractivity contribution in [2.45, 2.75) is 38.8 Å². The summed E-state index contributed by atoms with van der Waals surface area (Å²) < 4.78 is 11.5. The molecule has 2 atom stereocenters. The van der Waals surface area contributed by atoms with Gasteiger partial charge in [-0.1, -0.05) is 0 Å². The van der Waals surface area contributed by atoms with E-state index in [9.17, 15) is 14.7 Å². The number of hydrogen-bond donors (Lipinski definition) is 1. The van der Waals surface area contributed by atoms with Gasteiger partial charge in [-0.2, -0.15) is 0 Å². The van der Waals surface area contributed by atoms with Crippen molar-refractivity contribution in [3.05, 3.63) is 58.6 Å². The molecule has 1 aromatic heterocycles. The van der Waals surface area contributed by atoms with Gasteiger partial charge >= 0.3 is 0 Å². The SMILES string of the molecule is Cc1ccc(C2C(=C(O)c3ccc4c(c3)CC(C)O4)C(=O)C(=O)N2CCCN(C)C)o1. The largest absolute Gasteiger partial charge is 0.507 e. The Bertz CT molecular complexity index is 1050. The quantitative estimate of drug-likeness (QED) is 0.435. The molecular formula is C24H28N2O5. The molecule has 2 aromatic rings. The number of carbonyl (C=O) groups is 2. The van der Waals surface area contributed by atoms with E-state index in [2.05, 4.69) is 0 Å². The van der Waals surface area contributed by atoms with Crippen molar-refractivity contribution >= 4 is 17.4 Å². The second kappa shape index (κ2) is 8.23. The smallest absolute Gasteiger partial charge is 0.295 e. The number of benzene rings is 1. The summed E-state index contributed by atoms with van der Waals surface area (Å²) in [6.45, 7) is 4.96. The fourth-order valence-electron chi connectivity index (χ4n) is 4.29. The Balaban J connectivity index is 1.76. The highest BCUT2D eigenvalue weighted by Crippen LogP contribution is 2.41. The topological polar surface area (TPSA) is 83.2 Å². The normalized spacial score (nSPS) is 22.3. The Labute approximate surface area is 181 Å². The average molecular weight is 424 g/mol. The molecule has 0 aliphatic carbocycles. The molecule has 1 N–H and O–H groups in total. The van der Waals surface area contributed by atoms with Gasteiger partial charge in [-0.3, -0.25) is 9.59 Å². The summed E-state index contributed by atoms with van der Waals surface area (Å²) in [6, 6.07) is 8.15. The molecule has 1 fully saturated rings. The van der Waals surface area contributed by atoms with E-state index in [1.54, 1.807) is 24.3 Å². The molecular weight excluding hydrogens is 396 g/mol. The van der Waals surface area contributed by atoms with E-state index in [0.29, 0.717) is 30.0 Å². The second-order valence-electron chi connectivity index (χ2n) is 8.55. The molecule has 2 aliphatic rings. The number of ketones is 1. The highest BCUT2D eigenvalue weighted by atomic mass is 16.5. The number of aliphatic hydroxyl groups is 1. The van der Waals surface area contributed by atoms with Crippen LogP contribution in [0.3, 0.4) is 0 Å². The molecule has 2 unspecified atom stereocenters. The zero-order valence-electron chi connectivity index (χ0n) is 18.3. The number of likely N-dealkylation sites (tertiary alicyclic amines) is 1. The van der Waals surface area contributed by atoms with Crippen molar-refractivity contribution in [2.24, 2.45) is 0 Å². The van der Waals surface area contributed by atoms with Crippen LogP contribution >= 0.6 is 0 Å². The van der Waals surface area contributed by atoms with Crippen LogP contribution in [0.15, 0.2) is 40.3 Å². The third kappa shape index (κ3) is 3.97. The summed E-state index contributed by atoms with van der Waals surface area (Å²) >= 11 is 0. The number of ether oxygens (including phenoxy) is 1. The predicted octanol–water partition coefficient (Wildman–Crippen LogP) is 3.28. The third-order valence-electron chi connectivity index (χ3n) is 5.74. The monoisotopic (exact) mass is 424 g/mol. The van der Waals surface area contributed by atoms with Crippen molar-refractivity contribution in [1.29, 1.82) is 0 Å². The zero-order chi connectivity index (χ0) is 22.3. The number of hydrogen-bond acceptors (Lipinski definition) is 6. The Morgan fingerprint density at radius 1 is 1.23 bits per heavy atom. The van der Waals surface area contributed by atoms with Gasteiger partial charge in [0.25, 0.3) is 11.7 Å². The van der Waals surface area contributed by atoms with Crippen LogP contribution in [-0.4, -0.2) is 59.9 Å². The third-order valence-corrected chi connectivity index (χ3v) is 5.74. The van der Waals surface area contributed by atoms with Crippen molar-refractivity contribution in [3.63, 3.8) is 0 Å². The van der Waals surface area contributed by atoms with E-state index in [0.717, 1.165) is 24.3 Å². The van der Waals surface area contributed by atoms with E-state index in [-0.39, 0.29) is 17.4 Å². The van der Waals surface area contributed by atoms with Gasteiger partial charge in [0.05, 0.1) is 5.57 Å². The van der Waals surface area contributed by atoms with Crippen LogP contribution in [0.2, 0.25) is 0 Å². The van der Waals surface area contributed by atoms with Gasteiger partial charge in [0.2, 0.25) is 0 Å². The summed E-state index contributed by atoms with van der Waals surface area (Å²) in [4.78, 5) is 29.5. The summed E-state index contributed by atoms with van der Waals surface area (Å²) in [5.41, 5.74) is 1.54. The van der Waals surface area contributed by atoms with Crippen molar-refractivity contribution in [2.75, 3.05) is 27.2 Å². The number of aryl methyl sites for hydroxylation is 1. The molecule has 0 radical (unpaired) electrons. The lowest BCUT2D eigenvalue weighted by molar-refractivity contribution is -0.140. The molecule has 7 heteroatoms. The number of Topliss-reactive ketones (excluding diaryl/α,β-unsaturated/α-hetero) is 1. The van der Waals surface area contributed by atoms with Gasteiger partial charge in [-0.25, -0.2) is 0 Å². The number of rotatable bonds is 6. The molecule has 2 aliphatic heterocycles. The van der Waals surface area contributed by atoms with Crippen LogP contribution in [0, 0.1) is 6.92 Å². The number of fused-ring (bicyclic) bond motifs is 1. The number of aliphatic hydroxyl groups excluding tert-OH is 1. The fraction of sp³-hybridized carbons (Fsp3) is 0.417. The lowest BCUT2D eigenvalue weighted by Crippen LogP contribution is -2.32. The molecule has 1 amide bonds. The van der Waals surface area contributed by atoms with Gasteiger partial charge in [-0.15, -0.1) is 0 Å². The van der Waals surface area contributed by atoms with Gasteiger partial charge in [-0.05, 0) is 76.8 Å². The molecule has 1 saturated heterocycles. The average Bonchev–Trinajstić information content (AvgIpc) is 3.37. The molecule has 31 heavy (non-hydrogen) atoms. The summed E-state index contributed by atoms with van der Waals surface area (Å²) in [6.07, 6.45) is 1.50. The van der Waals surface area contributed by atoms with Crippen LogP contribution in [0.25, 0.3) is 5.76 Å². The second-order valence-corrected chi connectivity index (χ2v) is 8.55. The maximum absolute atomic E-state index is 13.0. The summed E-state index contributed by atoms with van der Waals surface area (Å²) in [5, 5.41) is 11.2. The number of furan rings is 1. The maximum atomic E-state index is 13.0. The van der Waals surface area contributed by atoms with Gasteiger partial charge in [0.1, 0.15) is 35.2 Å². The van der Waals surface area contributed by atoms with Gasteiger partial charge in [0, 0.05) is 18.5 Å². The molecule has 4 rings (SSSR count). The molecule has 164 valence electrons. The molecule has 0 bridgehead atoms. The Morgan fingerprint density at radius 3 is 2.68 bits per heavy atom. The highest BCUT2D eigenvalue weighted by molar-refractivity contribution is 6.46. The minimum absolute atomic E-state index is 0.0658. The summed E-state index contributed by atoms with van der Waals surface area (Å²) in [5.74, 6) is 0.448. The Morgan fingerprint density at radius 2 is 2.00 bits per heavy atom. The van der Waals surface area contributed by atoms with E-state index in [4.69, 9.17) is 9.15 Å². The van der Waals surface area contributed by atoms with Gasteiger partial charge in [0.15, 0.2) is 0 Å². The molecule has 7 nitrogen and oxygen atoms in total. The molecule has 0 spiro atoms. The van der Waals surface area contributed by atoms with Crippen LogP contribution in [0.1, 0.15) is 42.0 Å². The highest BCUT2D eigenvalue weighted by Gasteiger charge is 2.47. The van der Waals surface area contributed by atoms with E-state index in [1.807, 2.05) is 38.9 Å². The minimum atomic E-state index is -0.751.